The van der Waals surface area contributed by atoms with Crippen LogP contribution in [0.25, 0.3) is 0 Å². The number of rotatable bonds is 5. The quantitative estimate of drug-likeness (QED) is 0.520. The predicted octanol–water partition coefficient (Wildman–Crippen LogP) is 5.57. The standard InChI is InChI=1S/C22H28N2O4/c1-14-7-9-16(24(27)28)12-18(14)23-20(26)17-11-15(8-10-19(17)25)22(5,6)13-21(2,3)4/h7-12,25H,13H2,1-6H3,(H,23,26). The van der Waals surface area contributed by atoms with Gasteiger partial charge in [-0.2, -0.15) is 0 Å². The van der Waals surface area contributed by atoms with E-state index in [0.29, 0.717) is 11.3 Å². The van der Waals surface area contributed by atoms with Gasteiger partial charge in [0.1, 0.15) is 5.75 Å². The number of nitro groups is 1. The number of nitrogens with zero attached hydrogens (tertiary/aromatic N) is 1. The van der Waals surface area contributed by atoms with Gasteiger partial charge < -0.3 is 10.4 Å². The Morgan fingerprint density at radius 3 is 2.32 bits per heavy atom. The molecule has 0 fully saturated rings. The second-order valence-corrected chi connectivity index (χ2v) is 9.06. The van der Waals surface area contributed by atoms with Gasteiger partial charge >= 0.3 is 0 Å². The van der Waals surface area contributed by atoms with Crippen molar-refractivity contribution in [3.63, 3.8) is 0 Å². The second-order valence-electron chi connectivity index (χ2n) is 9.06. The number of hydrogen-bond donors (Lipinski definition) is 2. The summed E-state index contributed by atoms with van der Waals surface area (Å²) in [5.41, 5.74) is 1.93. The van der Waals surface area contributed by atoms with E-state index in [0.717, 1.165) is 12.0 Å². The van der Waals surface area contributed by atoms with E-state index in [1.54, 1.807) is 19.1 Å². The number of non-ortho nitro benzene ring substituents is 1. The lowest BCUT2D eigenvalue weighted by Gasteiger charge is -2.33. The summed E-state index contributed by atoms with van der Waals surface area (Å²) >= 11 is 0. The Morgan fingerprint density at radius 2 is 1.75 bits per heavy atom. The molecule has 0 aromatic heterocycles. The van der Waals surface area contributed by atoms with Crippen molar-refractivity contribution in [3.8, 4) is 5.75 Å². The van der Waals surface area contributed by atoms with Crippen LogP contribution in [-0.4, -0.2) is 15.9 Å². The van der Waals surface area contributed by atoms with Crippen molar-refractivity contribution >= 4 is 17.3 Å². The van der Waals surface area contributed by atoms with E-state index in [1.807, 2.05) is 6.07 Å². The topological polar surface area (TPSA) is 92.5 Å². The number of nitrogens with one attached hydrogen (secondary N) is 1. The Labute approximate surface area is 165 Å². The molecular weight excluding hydrogens is 356 g/mol. The molecule has 2 aromatic carbocycles. The number of benzene rings is 2. The lowest BCUT2D eigenvalue weighted by atomic mass is 9.72. The number of amides is 1. The molecule has 0 atom stereocenters. The lowest BCUT2D eigenvalue weighted by molar-refractivity contribution is -0.384. The first-order valence-electron chi connectivity index (χ1n) is 9.20. The third kappa shape index (κ3) is 5.09. The molecule has 2 aromatic rings. The molecule has 2 rings (SSSR count). The number of carbonyl (C=O) groups excluding carboxylic acids is 1. The number of nitro benzene ring substituents is 1. The highest BCUT2D eigenvalue weighted by molar-refractivity contribution is 6.06. The van der Waals surface area contributed by atoms with E-state index in [9.17, 15) is 20.0 Å². The summed E-state index contributed by atoms with van der Waals surface area (Å²) in [6, 6.07) is 9.33. The monoisotopic (exact) mass is 384 g/mol. The third-order valence-electron chi connectivity index (χ3n) is 4.68. The summed E-state index contributed by atoms with van der Waals surface area (Å²) in [6.07, 6.45) is 0.899. The minimum absolute atomic E-state index is 0.101. The van der Waals surface area contributed by atoms with Crippen LogP contribution in [0.15, 0.2) is 36.4 Å². The van der Waals surface area contributed by atoms with E-state index in [2.05, 4.69) is 39.9 Å². The van der Waals surface area contributed by atoms with Gasteiger partial charge in [0.15, 0.2) is 0 Å². The molecule has 1 amide bonds. The molecule has 0 aliphatic rings. The molecule has 150 valence electrons. The van der Waals surface area contributed by atoms with Crippen LogP contribution in [0.3, 0.4) is 0 Å². The molecule has 0 heterocycles. The van der Waals surface area contributed by atoms with E-state index in [1.165, 1.54) is 18.2 Å². The van der Waals surface area contributed by atoms with Crippen molar-refractivity contribution in [2.24, 2.45) is 5.41 Å². The highest BCUT2D eigenvalue weighted by Gasteiger charge is 2.28. The van der Waals surface area contributed by atoms with Crippen LogP contribution in [0.4, 0.5) is 11.4 Å². The second kappa shape index (κ2) is 7.62. The maximum atomic E-state index is 12.8. The molecule has 0 saturated carbocycles. The van der Waals surface area contributed by atoms with Crippen LogP contribution in [-0.2, 0) is 5.41 Å². The van der Waals surface area contributed by atoms with E-state index in [-0.39, 0.29) is 27.8 Å². The maximum Gasteiger partial charge on any atom is 0.271 e. The van der Waals surface area contributed by atoms with Gasteiger partial charge in [-0.3, -0.25) is 14.9 Å². The van der Waals surface area contributed by atoms with Crippen molar-refractivity contribution in [1.82, 2.24) is 0 Å². The van der Waals surface area contributed by atoms with Gasteiger partial charge in [-0.25, -0.2) is 0 Å². The number of aromatic hydroxyl groups is 1. The molecule has 0 aliphatic carbocycles. The van der Waals surface area contributed by atoms with Crippen LogP contribution in [0, 0.1) is 22.5 Å². The average Bonchev–Trinajstić information content (AvgIpc) is 2.54. The molecule has 2 N–H and O–H groups in total. The summed E-state index contributed by atoms with van der Waals surface area (Å²) in [7, 11) is 0. The van der Waals surface area contributed by atoms with Crippen molar-refractivity contribution in [3.05, 3.63) is 63.2 Å². The largest absolute Gasteiger partial charge is 0.507 e. The highest BCUT2D eigenvalue weighted by atomic mass is 16.6. The van der Waals surface area contributed by atoms with Gasteiger partial charge in [-0.15, -0.1) is 0 Å². The molecule has 28 heavy (non-hydrogen) atoms. The molecular formula is C22H28N2O4. The number of carbonyl (C=O) groups is 1. The molecule has 0 aliphatic heterocycles. The average molecular weight is 384 g/mol. The zero-order chi connectivity index (χ0) is 21.3. The number of hydrogen-bond acceptors (Lipinski definition) is 4. The SMILES string of the molecule is Cc1ccc([N+](=O)[O-])cc1NC(=O)c1cc(C(C)(C)CC(C)(C)C)ccc1O. The lowest BCUT2D eigenvalue weighted by Crippen LogP contribution is -2.25. The van der Waals surface area contributed by atoms with Crippen molar-refractivity contribution in [2.75, 3.05) is 5.32 Å². The van der Waals surface area contributed by atoms with Gasteiger partial charge in [0.05, 0.1) is 16.2 Å². The van der Waals surface area contributed by atoms with Crippen LogP contribution in [0.5, 0.6) is 5.75 Å². The summed E-state index contributed by atoms with van der Waals surface area (Å²) in [5.74, 6) is -0.634. The summed E-state index contributed by atoms with van der Waals surface area (Å²) < 4.78 is 0. The maximum absolute atomic E-state index is 12.8. The zero-order valence-electron chi connectivity index (χ0n) is 17.3. The molecule has 6 heteroatoms. The number of anilines is 1. The number of phenolic OH excluding ortho intramolecular Hbond substituents is 1. The Bertz CT molecular complexity index is 911. The Kier molecular flexibility index (Phi) is 5.83. The van der Waals surface area contributed by atoms with E-state index >= 15 is 0 Å². The molecule has 0 radical (unpaired) electrons. The fourth-order valence-electron chi connectivity index (χ4n) is 3.61. The molecule has 0 bridgehead atoms. The van der Waals surface area contributed by atoms with Gasteiger partial charge in [-0.05, 0) is 47.4 Å². The summed E-state index contributed by atoms with van der Waals surface area (Å²) in [4.78, 5) is 23.3. The fourth-order valence-corrected chi connectivity index (χ4v) is 3.61. The normalized spacial score (nSPS) is 11.9. The number of phenols is 1. The third-order valence-corrected chi connectivity index (χ3v) is 4.68. The van der Waals surface area contributed by atoms with Gasteiger partial charge in [0, 0.05) is 12.1 Å². The van der Waals surface area contributed by atoms with E-state index < -0.39 is 10.8 Å². The fraction of sp³-hybridized carbons (Fsp3) is 0.409. The van der Waals surface area contributed by atoms with Crippen LogP contribution in [0.2, 0.25) is 0 Å². The first kappa shape index (κ1) is 21.4. The van der Waals surface area contributed by atoms with Gasteiger partial charge in [0.2, 0.25) is 0 Å². The first-order valence-corrected chi connectivity index (χ1v) is 9.20. The van der Waals surface area contributed by atoms with E-state index in [4.69, 9.17) is 0 Å². The first-order chi connectivity index (χ1) is 12.8. The predicted molar refractivity (Wildman–Crippen MR) is 111 cm³/mol. The zero-order valence-corrected chi connectivity index (χ0v) is 17.3. The van der Waals surface area contributed by atoms with Crippen molar-refractivity contribution < 1.29 is 14.8 Å². The molecule has 6 nitrogen and oxygen atoms in total. The summed E-state index contributed by atoms with van der Waals surface area (Å²) in [6.45, 7) is 12.5. The number of aryl methyl sites for hydroxylation is 1. The summed E-state index contributed by atoms with van der Waals surface area (Å²) in [5, 5.41) is 23.9. The Balaban J connectivity index is 2.37. The van der Waals surface area contributed by atoms with Crippen molar-refractivity contribution in [2.45, 2.75) is 53.4 Å². The van der Waals surface area contributed by atoms with Crippen molar-refractivity contribution in [1.29, 1.82) is 0 Å². The Morgan fingerprint density at radius 1 is 1.11 bits per heavy atom. The molecule has 0 spiro atoms. The van der Waals surface area contributed by atoms with Crippen LogP contribution in [0.1, 0.15) is 62.5 Å². The van der Waals surface area contributed by atoms with Gasteiger partial charge in [-0.1, -0.05) is 46.8 Å². The smallest absolute Gasteiger partial charge is 0.271 e. The van der Waals surface area contributed by atoms with Crippen LogP contribution < -0.4 is 5.32 Å². The highest BCUT2D eigenvalue weighted by Crippen LogP contribution is 2.37. The minimum atomic E-state index is -0.512. The van der Waals surface area contributed by atoms with Crippen LogP contribution >= 0.6 is 0 Å². The van der Waals surface area contributed by atoms with Gasteiger partial charge in [0.25, 0.3) is 11.6 Å². The Hall–Kier alpha value is -2.89. The molecule has 0 saturated heterocycles. The molecule has 0 unspecified atom stereocenters. The minimum Gasteiger partial charge on any atom is -0.507 e.